The number of imidazole rings is 8. The molecule has 136 heavy (non-hydrogen) atoms. The number of likely N-dealkylation sites (tertiary alicyclic amines) is 5. The van der Waals surface area contributed by atoms with Crippen molar-refractivity contribution < 1.29 is 135 Å². The molecule has 0 saturated carbocycles. The molecule has 5 amide bonds. The Bertz CT molecular complexity index is 4250. The molecular weight excluding hydrogens is 1790 g/mol. The number of ether oxygens (including phenoxy) is 9. The normalized spacial score (nSPS) is 12.9. The summed E-state index contributed by atoms with van der Waals surface area (Å²) in [7, 11) is 0. The van der Waals surface area contributed by atoms with Crippen molar-refractivity contribution in [2.75, 3.05) is 151 Å². The number of β-amino-alcohol motifs (C(OH)–C–C–N with tert-alkyl or cyclic N) is 2. The molecule has 0 aromatic carbocycles. The first kappa shape index (κ1) is 115. The van der Waals surface area contributed by atoms with E-state index in [0.717, 1.165) is 90.5 Å². The van der Waals surface area contributed by atoms with Crippen LogP contribution in [0.2, 0.25) is 0 Å². The van der Waals surface area contributed by atoms with Gasteiger partial charge in [0.25, 0.3) is 0 Å². The van der Waals surface area contributed by atoms with E-state index in [-0.39, 0.29) is 137 Å². The minimum atomic E-state index is -0.942. The Kier molecular flexibility index (Phi) is 59.1. The molecule has 0 radical (unpaired) electrons. The minimum absolute atomic E-state index is 0.0473. The fraction of sp³-hybridized carbons (Fsp3) is 0.483. The van der Waals surface area contributed by atoms with Crippen LogP contribution in [0.5, 0.6) is 0 Å². The number of rotatable bonds is 29. The van der Waals surface area contributed by atoms with Gasteiger partial charge in [-0.1, -0.05) is 46.4 Å². The number of esters is 3. The van der Waals surface area contributed by atoms with Gasteiger partial charge >= 0.3 is 60.5 Å². The third-order valence-corrected chi connectivity index (χ3v) is 17.8. The van der Waals surface area contributed by atoms with Gasteiger partial charge in [-0.15, -0.1) is 0 Å². The Labute approximate surface area is 784 Å². The molecular formula is C87H123N21O28. The van der Waals surface area contributed by atoms with E-state index in [9.17, 15) is 71.9 Å². The molecule has 13 rings (SSSR count). The van der Waals surface area contributed by atoms with Crippen LogP contribution in [0.25, 0.3) is 0 Å². The SMILES string of the molecule is C=C(C)C(=O)OCCO.C=C(C)C(=O)OCCOC(=O)OCCOC(=O)C(=C)C.CCCCO.CCCCOC(=O)OCCN1CCCC1=O.O=C(OCCN1CCCC1=O)OCCN1CCCC1=O.O=C(n1ccnc1)n1ccnc1.O=C(n1ccnc1)n1ccnc1.O=C(n1ccnc1)n1ccnc1.O=C(n1ccnc1)n1ccnc1.O=C1CCCN1CCO.O=C1CCCN1CCO. The molecule has 744 valence electrons. The molecule has 5 fully saturated rings. The molecule has 8 aromatic rings. The molecule has 4 N–H and O–H groups in total. The highest BCUT2D eigenvalue weighted by Crippen LogP contribution is 2.13. The van der Waals surface area contributed by atoms with Crippen LogP contribution in [-0.4, -0.2) is 363 Å². The van der Waals surface area contributed by atoms with Gasteiger partial charge < -0.3 is 87.6 Å². The van der Waals surface area contributed by atoms with Crippen molar-refractivity contribution in [1.29, 1.82) is 0 Å². The third-order valence-electron chi connectivity index (χ3n) is 17.8. The van der Waals surface area contributed by atoms with Crippen LogP contribution in [0.4, 0.5) is 33.6 Å². The molecule has 0 unspecified atom stereocenters. The fourth-order valence-electron chi connectivity index (χ4n) is 10.8. The standard InChI is InChI=1S/C13H20N2O5.C13H18O7.C11H19NO4.4C7H6N4O.2C6H11NO2.C6H10O3.C4H10O/c16-11-3-1-5-14(11)7-9-19-13(18)20-10-8-15-6-2-4-12(15)17;1-9(2)11(14)17-5-7-19-13(16)20-8-6-18-12(15)10(3)4;1-2-3-8-15-11(14)16-9-7-12-6-4-5-10(12)13;4*12-7(10-3-1-8-5-10)11-4-2-9-6-11;2*8-5-4-7-3-1-2-6(7)9;1-5(2)6(8)9-4-3-7;1-2-3-4-5/h1-10H2;1,3,5-8H2,2,4H3;2-9H2,1H3;4*1-6H;2*8H,1-5H2;7H,1,3-4H2,2H3;5H,2-4H2,1H3. The lowest BCUT2D eigenvalue weighted by Crippen LogP contribution is -2.31. The molecule has 0 aliphatic carbocycles. The number of unbranched alkanes of at least 4 members (excludes halogenated alkanes) is 2. The number of aliphatic hydroxyl groups is 4. The number of carbonyl (C=O) groups excluding carboxylic acids is 15. The van der Waals surface area contributed by atoms with E-state index in [4.69, 9.17) is 39.4 Å². The highest BCUT2D eigenvalue weighted by molar-refractivity contribution is 5.88. The molecule has 5 saturated heterocycles. The van der Waals surface area contributed by atoms with Crippen molar-refractivity contribution in [2.45, 2.75) is 125 Å². The summed E-state index contributed by atoms with van der Waals surface area (Å²) in [6, 6.07) is -0.759. The number of aromatic nitrogens is 16. The Morgan fingerprint density at radius 2 is 0.485 bits per heavy atom. The first-order valence-corrected chi connectivity index (χ1v) is 43.3. The monoisotopic (exact) mass is 1910 g/mol. The Hall–Kier alpha value is -15.0. The van der Waals surface area contributed by atoms with E-state index in [0.29, 0.717) is 83.6 Å². The number of nitrogens with zero attached hydrogens (tertiary/aromatic N) is 21. The van der Waals surface area contributed by atoms with Gasteiger partial charge in [-0.2, -0.15) is 0 Å². The highest BCUT2D eigenvalue weighted by Gasteiger charge is 2.25. The lowest BCUT2D eigenvalue weighted by atomic mass is 10.4. The van der Waals surface area contributed by atoms with E-state index >= 15 is 0 Å². The summed E-state index contributed by atoms with van der Waals surface area (Å²) in [5.74, 6) is -0.855. The van der Waals surface area contributed by atoms with Crippen LogP contribution < -0.4 is 0 Å². The maximum Gasteiger partial charge on any atom is 0.508 e. The molecule has 5 aliphatic rings. The minimum Gasteiger partial charge on any atom is -0.460 e. The van der Waals surface area contributed by atoms with Crippen molar-refractivity contribution in [3.8, 4) is 0 Å². The predicted molar refractivity (Wildman–Crippen MR) is 479 cm³/mol. The predicted octanol–water partition coefficient (Wildman–Crippen LogP) is 5.79. The van der Waals surface area contributed by atoms with E-state index in [1.165, 1.54) is 101 Å². The summed E-state index contributed by atoms with van der Waals surface area (Å²) in [5.41, 5.74) is 0.863. The van der Waals surface area contributed by atoms with Gasteiger partial charge in [-0.3, -0.25) is 60.5 Å². The largest absolute Gasteiger partial charge is 0.508 e. The van der Waals surface area contributed by atoms with Gasteiger partial charge in [0.05, 0.1) is 46.1 Å². The highest BCUT2D eigenvalue weighted by atomic mass is 16.7. The molecule has 13 heterocycles. The lowest BCUT2D eigenvalue weighted by molar-refractivity contribution is -0.141. The lowest BCUT2D eigenvalue weighted by Gasteiger charge is -2.16. The van der Waals surface area contributed by atoms with Crippen molar-refractivity contribution in [3.05, 3.63) is 186 Å². The van der Waals surface area contributed by atoms with Crippen LogP contribution in [0.3, 0.4) is 0 Å². The zero-order chi connectivity index (χ0) is 100. The average Bonchev–Trinajstić information content (AvgIpc) is 1.74. The summed E-state index contributed by atoms with van der Waals surface area (Å²) in [6.07, 6.45) is 45.9. The van der Waals surface area contributed by atoms with Gasteiger partial charge in [0.15, 0.2) is 0 Å². The zero-order valence-electron chi connectivity index (χ0n) is 77.1. The Balaban J connectivity index is 0.000000391. The summed E-state index contributed by atoms with van der Waals surface area (Å²) in [6.45, 7) is 25.9. The zero-order valence-corrected chi connectivity index (χ0v) is 77.1. The van der Waals surface area contributed by atoms with E-state index in [1.54, 1.807) is 131 Å². The Morgan fingerprint density at radius 1 is 0.279 bits per heavy atom. The first-order valence-electron chi connectivity index (χ1n) is 43.3. The quantitative estimate of drug-likeness (QED) is 0.0186. The van der Waals surface area contributed by atoms with Crippen LogP contribution in [0.1, 0.15) is 125 Å². The van der Waals surface area contributed by atoms with Crippen LogP contribution >= 0.6 is 0 Å². The van der Waals surface area contributed by atoms with Gasteiger partial charge in [-0.05, 0) is 65.7 Å². The smallest absolute Gasteiger partial charge is 0.460 e. The second-order valence-electron chi connectivity index (χ2n) is 28.5. The summed E-state index contributed by atoms with van der Waals surface area (Å²) in [5, 5.41) is 33.2. The van der Waals surface area contributed by atoms with Crippen LogP contribution in [0, 0.1) is 0 Å². The number of aliphatic hydroxyl groups excluding tert-OH is 4. The molecule has 49 nitrogen and oxygen atoms in total. The Morgan fingerprint density at radius 3 is 0.654 bits per heavy atom. The van der Waals surface area contributed by atoms with E-state index in [1.807, 2.05) is 6.92 Å². The molecule has 5 aliphatic heterocycles. The van der Waals surface area contributed by atoms with Crippen molar-refractivity contribution in [1.82, 2.24) is 101 Å². The number of carbonyl (C=O) groups is 15. The summed E-state index contributed by atoms with van der Waals surface area (Å²) < 4.78 is 53.5. The van der Waals surface area contributed by atoms with E-state index in [2.05, 4.69) is 90.2 Å². The second-order valence-corrected chi connectivity index (χ2v) is 28.5. The van der Waals surface area contributed by atoms with Crippen LogP contribution in [-0.2, 0) is 81.0 Å². The van der Waals surface area contributed by atoms with Gasteiger partial charge in [0.2, 0.25) is 29.5 Å². The van der Waals surface area contributed by atoms with Crippen molar-refractivity contribution in [3.63, 3.8) is 0 Å². The maximum atomic E-state index is 11.4. The summed E-state index contributed by atoms with van der Waals surface area (Å²) in [4.78, 5) is 205. The van der Waals surface area contributed by atoms with Gasteiger partial charge in [-0.25, -0.2) is 87.8 Å². The number of hydrogen-bond acceptors (Lipinski definition) is 36. The second kappa shape index (κ2) is 69.8. The maximum absolute atomic E-state index is 11.4. The third kappa shape index (κ3) is 48.9. The fourth-order valence-corrected chi connectivity index (χ4v) is 10.8. The van der Waals surface area contributed by atoms with Gasteiger partial charge in [0.1, 0.15) is 103 Å². The van der Waals surface area contributed by atoms with Crippen molar-refractivity contribution >= 4 is 90.0 Å². The molecule has 0 atom stereocenters. The molecule has 49 heteroatoms. The molecule has 8 aromatic heterocycles. The molecule has 0 spiro atoms. The number of amides is 5. The average molecular weight is 1910 g/mol. The molecule has 0 bridgehead atoms. The van der Waals surface area contributed by atoms with E-state index < -0.39 is 36.4 Å². The van der Waals surface area contributed by atoms with Gasteiger partial charge in [0, 0.05) is 200 Å². The first-order chi connectivity index (χ1) is 65.5. The summed E-state index contributed by atoms with van der Waals surface area (Å²) >= 11 is 0. The number of hydrogen-bond donors (Lipinski definition) is 4. The topological polar surface area (TPSA) is 579 Å². The van der Waals surface area contributed by atoms with Crippen molar-refractivity contribution in [2.24, 2.45) is 0 Å². The van der Waals surface area contributed by atoms with Crippen LogP contribution in [0.15, 0.2) is 186 Å².